The third kappa shape index (κ3) is 3.95. The van der Waals surface area contributed by atoms with Crippen LogP contribution >= 0.6 is 11.6 Å². The number of nitrogens with one attached hydrogen (secondary N) is 1. The molecule has 20 heavy (non-hydrogen) atoms. The van der Waals surface area contributed by atoms with Crippen molar-refractivity contribution >= 4 is 11.6 Å². The first-order chi connectivity index (χ1) is 9.63. The summed E-state index contributed by atoms with van der Waals surface area (Å²) in [6.07, 6.45) is 7.32. The van der Waals surface area contributed by atoms with Gasteiger partial charge >= 0.3 is 0 Å². The zero-order valence-electron chi connectivity index (χ0n) is 12.5. The Labute approximate surface area is 126 Å². The molecule has 1 aromatic carbocycles. The second kappa shape index (κ2) is 7.42. The normalized spacial score (nSPS) is 24.6. The summed E-state index contributed by atoms with van der Waals surface area (Å²) in [5, 5.41) is 4.09. The highest BCUT2D eigenvalue weighted by Gasteiger charge is 2.26. The van der Waals surface area contributed by atoms with Crippen LogP contribution in [0.25, 0.3) is 0 Å². The van der Waals surface area contributed by atoms with E-state index < -0.39 is 0 Å². The molecule has 0 aliphatic heterocycles. The van der Waals surface area contributed by atoms with Gasteiger partial charge in [-0.05, 0) is 61.9 Å². The minimum Gasteiger partial charge on any atom is -0.316 e. The Morgan fingerprint density at radius 1 is 1.30 bits per heavy atom. The van der Waals surface area contributed by atoms with Crippen molar-refractivity contribution in [3.63, 3.8) is 0 Å². The molecule has 1 fully saturated rings. The van der Waals surface area contributed by atoms with Gasteiger partial charge in [0.25, 0.3) is 0 Å². The molecule has 1 saturated carbocycles. The summed E-state index contributed by atoms with van der Waals surface area (Å²) >= 11 is 6.19. The Morgan fingerprint density at radius 2 is 2.00 bits per heavy atom. The van der Waals surface area contributed by atoms with Gasteiger partial charge in [-0.2, -0.15) is 0 Å². The lowest BCUT2D eigenvalue weighted by molar-refractivity contribution is 0.222. The molecule has 0 bridgehead atoms. The fraction of sp³-hybridized carbons (Fsp3) is 0.647. The predicted molar refractivity (Wildman–Crippen MR) is 83.7 cm³/mol. The first-order valence-electron chi connectivity index (χ1n) is 7.75. The van der Waals surface area contributed by atoms with E-state index in [-0.39, 0.29) is 5.82 Å². The largest absolute Gasteiger partial charge is 0.316 e. The fourth-order valence-electron chi connectivity index (χ4n) is 3.44. The Balaban J connectivity index is 2.00. The van der Waals surface area contributed by atoms with E-state index in [4.69, 9.17) is 11.6 Å². The molecule has 1 nitrogen and oxygen atoms in total. The average molecular weight is 298 g/mol. The minimum absolute atomic E-state index is 0.200. The van der Waals surface area contributed by atoms with Gasteiger partial charge in [0.15, 0.2) is 0 Å². The second-order valence-electron chi connectivity index (χ2n) is 6.02. The number of hydrogen-bond donors (Lipinski definition) is 1. The van der Waals surface area contributed by atoms with E-state index in [0.29, 0.717) is 17.0 Å². The van der Waals surface area contributed by atoms with Crippen LogP contribution in [0.4, 0.5) is 4.39 Å². The molecule has 1 unspecified atom stereocenters. The molecule has 0 saturated heterocycles. The van der Waals surface area contributed by atoms with E-state index in [9.17, 15) is 4.39 Å². The van der Waals surface area contributed by atoms with Crippen LogP contribution in [-0.2, 0) is 6.42 Å². The Morgan fingerprint density at radius 3 is 2.60 bits per heavy atom. The molecular weight excluding hydrogens is 273 g/mol. The molecule has 2 rings (SSSR count). The topological polar surface area (TPSA) is 12.0 Å². The van der Waals surface area contributed by atoms with Crippen molar-refractivity contribution in [3.05, 3.63) is 34.6 Å². The lowest BCUT2D eigenvalue weighted by atomic mass is 9.76. The van der Waals surface area contributed by atoms with Crippen molar-refractivity contribution < 1.29 is 4.39 Å². The molecule has 1 atom stereocenters. The van der Waals surface area contributed by atoms with Gasteiger partial charge in [0, 0.05) is 11.1 Å². The van der Waals surface area contributed by atoms with E-state index in [1.54, 1.807) is 12.1 Å². The van der Waals surface area contributed by atoms with Crippen LogP contribution in [-0.4, -0.2) is 13.1 Å². The van der Waals surface area contributed by atoms with E-state index in [1.165, 1.54) is 38.2 Å². The Kier molecular flexibility index (Phi) is 5.86. The molecule has 1 N–H and O–H groups in total. The third-order valence-electron chi connectivity index (χ3n) is 4.86. The number of hydrogen-bond acceptors (Lipinski definition) is 1. The summed E-state index contributed by atoms with van der Waals surface area (Å²) in [5.41, 5.74) is 0.920. The van der Waals surface area contributed by atoms with Gasteiger partial charge in [-0.1, -0.05) is 37.8 Å². The highest BCUT2D eigenvalue weighted by atomic mass is 35.5. The summed E-state index contributed by atoms with van der Waals surface area (Å²) in [6, 6.07) is 5.05. The SMILES string of the molecule is CCC1CCC(C(Cc2cc(F)ccc2Cl)NC)CC1. The first kappa shape index (κ1) is 15.8. The van der Waals surface area contributed by atoms with Crippen molar-refractivity contribution in [2.75, 3.05) is 7.05 Å². The summed E-state index contributed by atoms with van der Waals surface area (Å²) in [5.74, 6) is 1.39. The number of likely N-dealkylation sites (N-methyl/N-ethyl adjacent to an activating group) is 1. The monoisotopic (exact) mass is 297 g/mol. The maximum Gasteiger partial charge on any atom is 0.123 e. The van der Waals surface area contributed by atoms with Crippen LogP contribution in [0.15, 0.2) is 18.2 Å². The van der Waals surface area contributed by atoms with Crippen LogP contribution in [0.2, 0.25) is 5.02 Å². The molecule has 0 spiro atoms. The van der Waals surface area contributed by atoms with Crippen LogP contribution in [0.1, 0.15) is 44.6 Å². The molecule has 0 radical (unpaired) electrons. The molecule has 3 heteroatoms. The van der Waals surface area contributed by atoms with Gasteiger partial charge in [-0.3, -0.25) is 0 Å². The summed E-state index contributed by atoms with van der Waals surface area (Å²) in [6.45, 7) is 2.28. The van der Waals surface area contributed by atoms with Crippen molar-refractivity contribution in [2.24, 2.45) is 11.8 Å². The summed E-state index contributed by atoms with van der Waals surface area (Å²) in [4.78, 5) is 0. The van der Waals surface area contributed by atoms with Crippen LogP contribution in [0.5, 0.6) is 0 Å². The van der Waals surface area contributed by atoms with E-state index in [0.717, 1.165) is 17.9 Å². The third-order valence-corrected chi connectivity index (χ3v) is 5.22. The van der Waals surface area contributed by atoms with Crippen LogP contribution < -0.4 is 5.32 Å². The smallest absolute Gasteiger partial charge is 0.123 e. The van der Waals surface area contributed by atoms with Crippen molar-refractivity contribution in [2.45, 2.75) is 51.5 Å². The number of halogens is 2. The molecule has 1 aromatic rings. The van der Waals surface area contributed by atoms with Crippen LogP contribution in [0, 0.1) is 17.7 Å². The van der Waals surface area contributed by atoms with Gasteiger partial charge in [0.2, 0.25) is 0 Å². The van der Waals surface area contributed by atoms with Gasteiger partial charge < -0.3 is 5.32 Å². The Bertz CT molecular complexity index is 427. The minimum atomic E-state index is -0.200. The van der Waals surface area contributed by atoms with Crippen molar-refractivity contribution in [3.8, 4) is 0 Å². The number of benzene rings is 1. The standard InChI is InChI=1S/C17H25ClFN/c1-3-12-4-6-13(7-5-12)17(20-2)11-14-10-15(19)8-9-16(14)18/h8-10,12-13,17,20H,3-7,11H2,1-2H3. The maximum absolute atomic E-state index is 13.4. The molecule has 1 aliphatic rings. The van der Waals surface area contributed by atoms with Crippen molar-refractivity contribution in [1.82, 2.24) is 5.32 Å². The fourth-order valence-corrected chi connectivity index (χ4v) is 3.63. The first-order valence-corrected chi connectivity index (χ1v) is 8.13. The molecule has 1 aliphatic carbocycles. The zero-order chi connectivity index (χ0) is 14.5. The maximum atomic E-state index is 13.4. The van der Waals surface area contributed by atoms with E-state index in [1.807, 2.05) is 7.05 Å². The summed E-state index contributed by atoms with van der Waals surface area (Å²) in [7, 11) is 2.00. The quantitative estimate of drug-likeness (QED) is 0.821. The van der Waals surface area contributed by atoms with E-state index >= 15 is 0 Å². The lowest BCUT2D eigenvalue weighted by Crippen LogP contribution is -2.37. The molecule has 0 aromatic heterocycles. The average Bonchev–Trinajstić information content (AvgIpc) is 2.48. The lowest BCUT2D eigenvalue weighted by Gasteiger charge is -2.33. The van der Waals surface area contributed by atoms with E-state index in [2.05, 4.69) is 12.2 Å². The van der Waals surface area contributed by atoms with Crippen LogP contribution in [0.3, 0.4) is 0 Å². The number of rotatable bonds is 5. The van der Waals surface area contributed by atoms with Gasteiger partial charge in [0.05, 0.1) is 0 Å². The molecular formula is C17H25ClFN. The molecule has 112 valence electrons. The zero-order valence-corrected chi connectivity index (χ0v) is 13.2. The molecule has 0 amide bonds. The van der Waals surface area contributed by atoms with Gasteiger partial charge in [-0.15, -0.1) is 0 Å². The van der Waals surface area contributed by atoms with Crippen molar-refractivity contribution in [1.29, 1.82) is 0 Å². The Hall–Kier alpha value is -0.600. The van der Waals surface area contributed by atoms with Gasteiger partial charge in [-0.25, -0.2) is 4.39 Å². The highest BCUT2D eigenvalue weighted by Crippen LogP contribution is 2.34. The molecule has 0 heterocycles. The van der Waals surface area contributed by atoms with Gasteiger partial charge in [0.1, 0.15) is 5.82 Å². The second-order valence-corrected chi connectivity index (χ2v) is 6.43. The predicted octanol–water partition coefficient (Wildman–Crippen LogP) is 4.83. The summed E-state index contributed by atoms with van der Waals surface area (Å²) < 4.78 is 13.4. The highest BCUT2D eigenvalue weighted by molar-refractivity contribution is 6.31.